The van der Waals surface area contributed by atoms with E-state index in [9.17, 15) is 19.7 Å². The summed E-state index contributed by atoms with van der Waals surface area (Å²) in [5.41, 5.74) is 0.921. The molecule has 0 aliphatic carbocycles. The summed E-state index contributed by atoms with van der Waals surface area (Å²) in [7, 11) is 1.49. The first-order valence-corrected chi connectivity index (χ1v) is 9.42. The van der Waals surface area contributed by atoms with Gasteiger partial charge in [-0.05, 0) is 19.4 Å². The van der Waals surface area contributed by atoms with Crippen molar-refractivity contribution in [2.24, 2.45) is 4.99 Å². The fourth-order valence-corrected chi connectivity index (χ4v) is 4.11. The summed E-state index contributed by atoms with van der Waals surface area (Å²) in [6.07, 6.45) is 0. The van der Waals surface area contributed by atoms with E-state index in [0.717, 1.165) is 0 Å². The smallest absolute Gasteiger partial charge is 0.338 e. The van der Waals surface area contributed by atoms with Crippen LogP contribution in [0.2, 0.25) is 0 Å². The van der Waals surface area contributed by atoms with Crippen molar-refractivity contribution in [2.45, 2.75) is 25.1 Å². The van der Waals surface area contributed by atoms with E-state index in [2.05, 4.69) is 4.99 Å². The van der Waals surface area contributed by atoms with E-state index in [0.29, 0.717) is 16.4 Å². The fourth-order valence-electron chi connectivity index (χ4n) is 3.08. The highest BCUT2D eigenvalue weighted by Gasteiger charge is 2.46. The fraction of sp³-hybridized carbons (Fsp3) is 0.389. The summed E-state index contributed by atoms with van der Waals surface area (Å²) >= 11 is 1.29. The van der Waals surface area contributed by atoms with E-state index in [1.54, 1.807) is 19.9 Å². The lowest BCUT2D eigenvalue weighted by atomic mass is 9.94. The molecule has 9 nitrogen and oxygen atoms in total. The van der Waals surface area contributed by atoms with E-state index < -0.39 is 16.9 Å². The zero-order valence-corrected chi connectivity index (χ0v) is 16.4. The largest absolute Gasteiger partial charge is 0.460 e. The molecule has 3 rings (SSSR count). The number of aliphatic imine (C=N–C) groups is 1. The molecule has 2 aliphatic heterocycles. The van der Waals surface area contributed by atoms with Gasteiger partial charge in [0, 0.05) is 19.2 Å². The summed E-state index contributed by atoms with van der Waals surface area (Å²) in [5, 5.41) is 11.3. The van der Waals surface area contributed by atoms with Crippen LogP contribution in [0.4, 0.5) is 5.69 Å². The summed E-state index contributed by atoms with van der Waals surface area (Å²) in [4.78, 5) is 42.1. The molecule has 0 saturated carbocycles. The molecule has 0 aromatic heterocycles. The number of allylic oxidation sites excluding steroid dienone is 1. The molecule has 0 unspecified atom stereocenters. The lowest BCUT2D eigenvalue weighted by Crippen LogP contribution is -2.40. The Kier molecular flexibility index (Phi) is 5.80. The molecule has 1 amide bonds. The van der Waals surface area contributed by atoms with Gasteiger partial charge in [-0.1, -0.05) is 23.9 Å². The van der Waals surface area contributed by atoms with Crippen LogP contribution in [-0.2, 0) is 19.1 Å². The van der Waals surface area contributed by atoms with Crippen LogP contribution < -0.4 is 0 Å². The number of nitro benzene ring substituents is 1. The number of rotatable bonds is 6. The average Bonchev–Trinajstić information content (AvgIpc) is 2.94. The van der Waals surface area contributed by atoms with Gasteiger partial charge in [-0.15, -0.1) is 0 Å². The Hall–Kier alpha value is -2.72. The number of carbonyl (C=O) groups is 2. The van der Waals surface area contributed by atoms with E-state index in [1.807, 2.05) is 0 Å². The van der Waals surface area contributed by atoms with Gasteiger partial charge in [0.1, 0.15) is 6.61 Å². The molecule has 1 saturated heterocycles. The predicted octanol–water partition coefficient (Wildman–Crippen LogP) is 2.43. The predicted molar refractivity (Wildman–Crippen MR) is 103 cm³/mol. The molecule has 0 radical (unpaired) electrons. The number of amides is 1. The zero-order chi connectivity index (χ0) is 20.4. The van der Waals surface area contributed by atoms with Gasteiger partial charge in [-0.25, -0.2) is 9.79 Å². The normalized spacial score (nSPS) is 21.5. The molecular weight excluding hydrogens is 386 g/mol. The van der Waals surface area contributed by atoms with Crippen molar-refractivity contribution in [3.8, 4) is 0 Å². The second-order valence-electron chi connectivity index (χ2n) is 6.25. The van der Waals surface area contributed by atoms with Crippen molar-refractivity contribution >= 4 is 34.5 Å². The lowest BCUT2D eigenvalue weighted by Gasteiger charge is -2.32. The summed E-state index contributed by atoms with van der Waals surface area (Å²) < 4.78 is 10.2. The maximum Gasteiger partial charge on any atom is 0.338 e. The van der Waals surface area contributed by atoms with Crippen LogP contribution in [-0.4, -0.2) is 52.4 Å². The first-order chi connectivity index (χ1) is 13.3. The molecular formula is C18H19N3O6S. The maximum absolute atomic E-state index is 12.8. The summed E-state index contributed by atoms with van der Waals surface area (Å²) in [6, 6.07) is 5.06. The molecule has 0 bridgehead atoms. The number of amidine groups is 1. The minimum absolute atomic E-state index is 0.0451. The standard InChI is InChI=1S/C18H19N3O6S/c1-10-14(17(23)27-8-7-26-3)15(12-5-4-6-13(9-12)21(24)25)20-16(22)11(2)28-18(20)19-10/h4-6,9,11,15H,7-8H2,1-3H3/t11-,15-/m1/s1. The minimum Gasteiger partial charge on any atom is -0.460 e. The number of nitrogens with zero attached hydrogens (tertiary/aromatic N) is 3. The van der Waals surface area contributed by atoms with Crippen molar-refractivity contribution in [1.29, 1.82) is 0 Å². The molecule has 10 heteroatoms. The van der Waals surface area contributed by atoms with Crippen molar-refractivity contribution in [3.05, 3.63) is 51.2 Å². The average molecular weight is 405 g/mol. The number of methoxy groups -OCH3 is 1. The number of carbonyl (C=O) groups excluding carboxylic acids is 2. The molecule has 28 heavy (non-hydrogen) atoms. The Morgan fingerprint density at radius 1 is 1.39 bits per heavy atom. The Morgan fingerprint density at radius 2 is 2.14 bits per heavy atom. The molecule has 1 fully saturated rings. The second-order valence-corrected chi connectivity index (χ2v) is 7.55. The number of hydrogen-bond acceptors (Lipinski definition) is 8. The molecule has 0 spiro atoms. The molecule has 1 aromatic rings. The van der Waals surface area contributed by atoms with Crippen LogP contribution in [0.1, 0.15) is 25.5 Å². The van der Waals surface area contributed by atoms with Crippen LogP contribution in [0.5, 0.6) is 0 Å². The number of nitro groups is 1. The number of esters is 1. The van der Waals surface area contributed by atoms with Gasteiger partial charge in [-0.2, -0.15) is 0 Å². The van der Waals surface area contributed by atoms with Crippen LogP contribution in [0.3, 0.4) is 0 Å². The quantitative estimate of drug-likeness (QED) is 0.309. The maximum atomic E-state index is 12.8. The van der Waals surface area contributed by atoms with E-state index in [1.165, 1.54) is 42.0 Å². The Morgan fingerprint density at radius 3 is 2.82 bits per heavy atom. The minimum atomic E-state index is -0.840. The molecule has 2 aliphatic rings. The number of benzene rings is 1. The van der Waals surface area contributed by atoms with Gasteiger partial charge >= 0.3 is 5.97 Å². The first-order valence-electron chi connectivity index (χ1n) is 8.54. The first kappa shape index (κ1) is 20.0. The number of fused-ring (bicyclic) bond motifs is 1. The van der Waals surface area contributed by atoms with Crippen LogP contribution in [0.15, 0.2) is 40.5 Å². The SMILES string of the molecule is COCCOC(=O)C1=C(C)N=C2S[C@H](C)C(=O)N2[C@@H]1c1cccc([N+](=O)[O-])c1. The summed E-state index contributed by atoms with van der Waals surface area (Å²) in [6.45, 7) is 3.69. The molecule has 2 heterocycles. The highest BCUT2D eigenvalue weighted by atomic mass is 32.2. The monoisotopic (exact) mass is 405 g/mol. The highest BCUT2D eigenvalue weighted by molar-refractivity contribution is 8.15. The van der Waals surface area contributed by atoms with Crippen molar-refractivity contribution in [2.75, 3.05) is 20.3 Å². The number of ether oxygens (including phenoxy) is 2. The summed E-state index contributed by atoms with van der Waals surface area (Å²) in [5.74, 6) is -0.846. The number of non-ortho nitro benzene ring substituents is 1. The van der Waals surface area contributed by atoms with Gasteiger partial charge in [0.05, 0.1) is 34.1 Å². The van der Waals surface area contributed by atoms with Crippen LogP contribution >= 0.6 is 11.8 Å². The van der Waals surface area contributed by atoms with Gasteiger partial charge in [0.25, 0.3) is 5.69 Å². The van der Waals surface area contributed by atoms with E-state index in [-0.39, 0.29) is 35.6 Å². The molecule has 148 valence electrons. The third-order valence-corrected chi connectivity index (χ3v) is 5.45. The third kappa shape index (κ3) is 3.65. The van der Waals surface area contributed by atoms with Gasteiger partial charge in [0.2, 0.25) is 5.91 Å². The van der Waals surface area contributed by atoms with Gasteiger partial charge in [-0.3, -0.25) is 19.8 Å². The van der Waals surface area contributed by atoms with Crippen LogP contribution in [0.25, 0.3) is 0 Å². The third-order valence-electron chi connectivity index (χ3n) is 4.40. The van der Waals surface area contributed by atoms with E-state index in [4.69, 9.17) is 9.47 Å². The highest BCUT2D eigenvalue weighted by Crippen LogP contribution is 2.43. The Balaban J connectivity index is 2.08. The molecule has 1 aromatic carbocycles. The zero-order valence-electron chi connectivity index (χ0n) is 15.6. The van der Waals surface area contributed by atoms with Crippen molar-refractivity contribution < 1.29 is 24.0 Å². The van der Waals surface area contributed by atoms with E-state index >= 15 is 0 Å². The number of hydrogen-bond donors (Lipinski definition) is 0. The van der Waals surface area contributed by atoms with Gasteiger partial charge in [0.15, 0.2) is 5.17 Å². The lowest BCUT2D eigenvalue weighted by molar-refractivity contribution is -0.384. The second kappa shape index (κ2) is 8.11. The topological polar surface area (TPSA) is 111 Å². The van der Waals surface area contributed by atoms with Gasteiger partial charge < -0.3 is 9.47 Å². The van der Waals surface area contributed by atoms with Crippen molar-refractivity contribution in [3.63, 3.8) is 0 Å². The number of thioether (sulfide) groups is 1. The molecule has 2 atom stereocenters. The Bertz CT molecular complexity index is 897. The van der Waals surface area contributed by atoms with Crippen LogP contribution in [0, 0.1) is 10.1 Å². The van der Waals surface area contributed by atoms with Crippen molar-refractivity contribution in [1.82, 2.24) is 4.90 Å². The molecule has 0 N–H and O–H groups in total. The Labute approximate surface area is 165 Å².